The largest absolute Gasteiger partial charge is 0.376 e. The van der Waals surface area contributed by atoms with Gasteiger partial charge >= 0.3 is 5.00 Å². The molecule has 1 heterocycles. The van der Waals surface area contributed by atoms with Crippen LogP contribution in [0, 0.1) is 17.0 Å². The van der Waals surface area contributed by atoms with Crippen molar-refractivity contribution in [1.29, 1.82) is 0 Å². The minimum atomic E-state index is -0.474. The molecule has 0 spiro atoms. The average Bonchev–Trinajstić information content (AvgIpc) is 2.98. The highest BCUT2D eigenvalue weighted by Gasteiger charge is 2.08. The summed E-state index contributed by atoms with van der Waals surface area (Å²) in [5.74, 6) is -0.341. The third-order valence-corrected chi connectivity index (χ3v) is 4.26. The molecular formula is C14H13ClN4O3S. The summed E-state index contributed by atoms with van der Waals surface area (Å²) in [5, 5.41) is 17.9. The summed E-state index contributed by atoms with van der Waals surface area (Å²) < 4.78 is 0. The Balaban J connectivity index is 1.84. The molecule has 0 fully saturated rings. The van der Waals surface area contributed by atoms with Crippen molar-refractivity contribution in [2.24, 2.45) is 5.10 Å². The van der Waals surface area contributed by atoms with Crippen molar-refractivity contribution in [3.8, 4) is 0 Å². The molecule has 23 heavy (non-hydrogen) atoms. The van der Waals surface area contributed by atoms with Gasteiger partial charge in [0.05, 0.1) is 22.6 Å². The Bertz CT molecular complexity index is 760. The van der Waals surface area contributed by atoms with Crippen LogP contribution >= 0.6 is 22.9 Å². The highest BCUT2D eigenvalue weighted by Crippen LogP contribution is 2.23. The number of benzene rings is 1. The molecule has 0 bridgehead atoms. The van der Waals surface area contributed by atoms with Crippen LogP contribution in [-0.4, -0.2) is 23.6 Å². The maximum Gasteiger partial charge on any atom is 0.324 e. The van der Waals surface area contributed by atoms with Crippen molar-refractivity contribution in [2.45, 2.75) is 6.92 Å². The molecule has 0 aliphatic carbocycles. The van der Waals surface area contributed by atoms with E-state index in [2.05, 4.69) is 15.8 Å². The van der Waals surface area contributed by atoms with Crippen molar-refractivity contribution in [2.75, 3.05) is 11.9 Å². The predicted molar refractivity (Wildman–Crippen MR) is 91.4 cm³/mol. The first-order valence-electron chi connectivity index (χ1n) is 6.52. The van der Waals surface area contributed by atoms with Gasteiger partial charge in [0.15, 0.2) is 0 Å². The Morgan fingerprint density at radius 2 is 2.22 bits per heavy atom. The number of hydrazone groups is 1. The third-order valence-electron chi connectivity index (χ3n) is 2.88. The van der Waals surface area contributed by atoms with Crippen LogP contribution in [0.1, 0.15) is 10.4 Å². The van der Waals surface area contributed by atoms with Gasteiger partial charge in [-0.05, 0) is 30.7 Å². The number of hydrogen-bond donors (Lipinski definition) is 2. The second-order valence-electron chi connectivity index (χ2n) is 4.49. The van der Waals surface area contributed by atoms with E-state index in [1.807, 2.05) is 13.0 Å². The fraction of sp³-hybridized carbons (Fsp3) is 0.143. The topological polar surface area (TPSA) is 96.6 Å². The normalized spacial score (nSPS) is 10.7. The molecule has 1 aromatic heterocycles. The summed E-state index contributed by atoms with van der Waals surface area (Å²) in [7, 11) is 0. The number of nitrogens with one attached hydrogen (secondary N) is 2. The molecule has 0 saturated carbocycles. The van der Waals surface area contributed by atoms with Crippen LogP contribution in [0.3, 0.4) is 0 Å². The highest BCUT2D eigenvalue weighted by molar-refractivity contribution is 7.16. The second kappa shape index (κ2) is 7.70. The van der Waals surface area contributed by atoms with Crippen molar-refractivity contribution < 1.29 is 9.72 Å². The minimum absolute atomic E-state index is 0.0240. The fourth-order valence-corrected chi connectivity index (χ4v) is 2.56. The van der Waals surface area contributed by atoms with Gasteiger partial charge in [0.25, 0.3) is 5.91 Å². The van der Waals surface area contributed by atoms with Gasteiger partial charge in [-0.3, -0.25) is 14.9 Å². The molecule has 9 heteroatoms. The first kappa shape index (κ1) is 16.9. The molecule has 0 unspecified atom stereocenters. The van der Waals surface area contributed by atoms with Crippen molar-refractivity contribution in [3.05, 3.63) is 55.9 Å². The highest BCUT2D eigenvalue weighted by atomic mass is 35.5. The van der Waals surface area contributed by atoms with E-state index in [-0.39, 0.29) is 17.5 Å². The zero-order valence-electron chi connectivity index (χ0n) is 12.1. The Morgan fingerprint density at radius 3 is 2.91 bits per heavy atom. The zero-order valence-corrected chi connectivity index (χ0v) is 13.6. The number of nitro groups is 1. The Kier molecular flexibility index (Phi) is 5.67. The summed E-state index contributed by atoms with van der Waals surface area (Å²) >= 11 is 6.97. The number of amides is 1. The molecule has 0 radical (unpaired) electrons. The number of carbonyl (C=O) groups is 1. The quantitative estimate of drug-likeness (QED) is 0.474. The lowest BCUT2D eigenvalue weighted by molar-refractivity contribution is -0.380. The van der Waals surface area contributed by atoms with Crippen LogP contribution in [0.4, 0.5) is 10.7 Å². The average molecular weight is 353 g/mol. The van der Waals surface area contributed by atoms with Crippen LogP contribution in [0.15, 0.2) is 35.4 Å². The molecule has 1 amide bonds. The first-order chi connectivity index (χ1) is 11.0. The van der Waals surface area contributed by atoms with Crippen LogP contribution in [-0.2, 0) is 4.79 Å². The van der Waals surface area contributed by atoms with E-state index < -0.39 is 4.92 Å². The van der Waals surface area contributed by atoms with Gasteiger partial charge < -0.3 is 5.32 Å². The van der Waals surface area contributed by atoms with E-state index in [0.717, 1.165) is 22.6 Å². The SMILES string of the molecule is Cc1c(Cl)cccc1NCC(=O)NN=Cc1ccc([N+](=O)[O-])s1. The number of halogens is 1. The first-order valence-corrected chi connectivity index (χ1v) is 7.72. The maximum absolute atomic E-state index is 11.7. The molecule has 120 valence electrons. The monoisotopic (exact) mass is 352 g/mol. The molecule has 2 aromatic rings. The van der Waals surface area contributed by atoms with Crippen LogP contribution in [0.25, 0.3) is 0 Å². The van der Waals surface area contributed by atoms with Crippen LogP contribution in [0.2, 0.25) is 5.02 Å². The minimum Gasteiger partial charge on any atom is -0.376 e. The number of thiophene rings is 1. The van der Waals surface area contributed by atoms with E-state index >= 15 is 0 Å². The standard InChI is InChI=1S/C14H13ClN4O3S/c1-9-11(15)3-2-4-12(9)16-8-13(20)18-17-7-10-5-6-14(23-10)19(21)22/h2-7,16H,8H2,1H3,(H,18,20). The molecule has 0 saturated heterocycles. The Morgan fingerprint density at radius 1 is 1.43 bits per heavy atom. The van der Waals surface area contributed by atoms with Crippen LogP contribution < -0.4 is 10.7 Å². The lowest BCUT2D eigenvalue weighted by atomic mass is 10.2. The van der Waals surface area contributed by atoms with Crippen LogP contribution in [0.5, 0.6) is 0 Å². The van der Waals surface area contributed by atoms with Gasteiger partial charge in [-0.15, -0.1) is 0 Å². The number of rotatable bonds is 6. The van der Waals surface area contributed by atoms with E-state index in [4.69, 9.17) is 11.6 Å². The summed E-state index contributed by atoms with van der Waals surface area (Å²) in [5.41, 5.74) is 3.97. The Hall–Kier alpha value is -2.45. The molecule has 2 rings (SSSR count). The molecule has 7 nitrogen and oxygen atoms in total. The smallest absolute Gasteiger partial charge is 0.324 e. The zero-order chi connectivity index (χ0) is 16.8. The molecule has 1 aromatic carbocycles. The van der Waals surface area contributed by atoms with Crippen molar-refractivity contribution in [1.82, 2.24) is 5.43 Å². The molecule has 0 atom stereocenters. The lowest BCUT2D eigenvalue weighted by Gasteiger charge is -2.09. The van der Waals surface area contributed by atoms with Gasteiger partial charge in [-0.1, -0.05) is 29.0 Å². The van der Waals surface area contributed by atoms with Gasteiger partial charge in [-0.2, -0.15) is 5.10 Å². The molecule has 0 aliphatic heterocycles. The summed E-state index contributed by atoms with van der Waals surface area (Å²) in [4.78, 5) is 22.3. The summed E-state index contributed by atoms with van der Waals surface area (Å²) in [6.07, 6.45) is 1.36. The lowest BCUT2D eigenvalue weighted by Crippen LogP contribution is -2.26. The maximum atomic E-state index is 11.7. The van der Waals surface area contributed by atoms with Crippen molar-refractivity contribution >= 4 is 45.7 Å². The van der Waals surface area contributed by atoms with Gasteiger partial charge in [0.2, 0.25) is 0 Å². The fourth-order valence-electron chi connectivity index (χ4n) is 1.69. The molecule has 0 aliphatic rings. The number of anilines is 1. The van der Waals surface area contributed by atoms with E-state index in [0.29, 0.717) is 9.90 Å². The van der Waals surface area contributed by atoms with Gasteiger partial charge in [0, 0.05) is 16.8 Å². The number of hydrogen-bond acceptors (Lipinski definition) is 6. The predicted octanol–water partition coefficient (Wildman–Crippen LogP) is 3.18. The van der Waals surface area contributed by atoms with Gasteiger partial charge in [-0.25, -0.2) is 5.43 Å². The molecule has 2 N–H and O–H groups in total. The van der Waals surface area contributed by atoms with E-state index in [1.54, 1.807) is 18.2 Å². The van der Waals surface area contributed by atoms with E-state index in [9.17, 15) is 14.9 Å². The summed E-state index contributed by atoms with van der Waals surface area (Å²) in [6.45, 7) is 1.88. The number of nitrogens with zero attached hydrogens (tertiary/aromatic N) is 2. The third kappa shape index (κ3) is 4.76. The Labute approximate surface area is 141 Å². The van der Waals surface area contributed by atoms with E-state index in [1.165, 1.54) is 12.3 Å². The van der Waals surface area contributed by atoms with Crippen molar-refractivity contribution in [3.63, 3.8) is 0 Å². The second-order valence-corrected chi connectivity index (χ2v) is 5.99. The van der Waals surface area contributed by atoms with Gasteiger partial charge in [0.1, 0.15) is 0 Å². The molecular weight excluding hydrogens is 340 g/mol. The number of carbonyl (C=O) groups excluding carboxylic acids is 1. The summed E-state index contributed by atoms with van der Waals surface area (Å²) in [6, 6.07) is 8.33.